The number of ether oxygens (including phenoxy) is 1. The minimum atomic E-state index is -0.954. The van der Waals surface area contributed by atoms with Gasteiger partial charge in [0.1, 0.15) is 11.6 Å². The molecule has 0 aromatic rings. The van der Waals surface area contributed by atoms with Crippen molar-refractivity contribution < 1.29 is 19.4 Å². The Bertz CT molecular complexity index is 378. The van der Waals surface area contributed by atoms with E-state index in [1.807, 2.05) is 0 Å². The highest BCUT2D eigenvalue weighted by Gasteiger charge is 2.41. The summed E-state index contributed by atoms with van der Waals surface area (Å²) in [5.74, 6) is -0.660. The summed E-state index contributed by atoms with van der Waals surface area (Å²) in [6.45, 7) is 12.1. The van der Waals surface area contributed by atoms with Crippen molar-refractivity contribution in [2.24, 2.45) is 11.3 Å². The van der Waals surface area contributed by atoms with Crippen LogP contribution < -0.4 is 0 Å². The van der Waals surface area contributed by atoms with E-state index in [0.29, 0.717) is 18.9 Å². The Hall–Kier alpha value is -1.26. The Morgan fingerprint density at radius 2 is 1.70 bits per heavy atom. The van der Waals surface area contributed by atoms with Crippen LogP contribution in [0.4, 0.5) is 4.79 Å². The average molecular weight is 285 g/mol. The Labute approximate surface area is 121 Å². The first-order valence-electron chi connectivity index (χ1n) is 7.14. The van der Waals surface area contributed by atoms with E-state index in [4.69, 9.17) is 4.74 Å². The molecule has 0 radical (unpaired) electrons. The van der Waals surface area contributed by atoms with Crippen molar-refractivity contribution >= 4 is 12.1 Å². The Morgan fingerprint density at radius 3 is 2.10 bits per heavy atom. The van der Waals surface area contributed by atoms with Crippen LogP contribution in [0.1, 0.15) is 54.4 Å². The zero-order valence-corrected chi connectivity index (χ0v) is 13.4. The van der Waals surface area contributed by atoms with Gasteiger partial charge in [-0.25, -0.2) is 9.59 Å². The first-order chi connectivity index (χ1) is 8.92. The fourth-order valence-corrected chi connectivity index (χ4v) is 2.53. The minimum Gasteiger partial charge on any atom is -0.480 e. The maximum Gasteiger partial charge on any atom is 0.411 e. The van der Waals surface area contributed by atoms with E-state index in [2.05, 4.69) is 20.8 Å². The predicted molar refractivity (Wildman–Crippen MR) is 76.5 cm³/mol. The highest BCUT2D eigenvalue weighted by molar-refractivity contribution is 5.80. The lowest BCUT2D eigenvalue weighted by Gasteiger charge is -2.42. The third-order valence-corrected chi connectivity index (χ3v) is 3.74. The van der Waals surface area contributed by atoms with Gasteiger partial charge < -0.3 is 9.84 Å². The molecule has 1 rings (SSSR count). The van der Waals surface area contributed by atoms with Crippen LogP contribution in [0.5, 0.6) is 0 Å². The summed E-state index contributed by atoms with van der Waals surface area (Å²) in [6.07, 6.45) is 0.766. The maximum atomic E-state index is 12.1. The molecule has 116 valence electrons. The number of hydrogen-bond acceptors (Lipinski definition) is 3. The van der Waals surface area contributed by atoms with Crippen molar-refractivity contribution in [3.63, 3.8) is 0 Å². The van der Waals surface area contributed by atoms with Gasteiger partial charge in [0.2, 0.25) is 0 Å². The van der Waals surface area contributed by atoms with Gasteiger partial charge in [-0.15, -0.1) is 0 Å². The number of likely N-dealkylation sites (tertiary alicyclic amines) is 1. The van der Waals surface area contributed by atoms with E-state index in [9.17, 15) is 14.7 Å². The van der Waals surface area contributed by atoms with Gasteiger partial charge >= 0.3 is 12.1 Å². The largest absolute Gasteiger partial charge is 0.480 e. The summed E-state index contributed by atoms with van der Waals surface area (Å²) in [6, 6.07) is -0.789. The zero-order chi connectivity index (χ0) is 15.7. The van der Waals surface area contributed by atoms with Gasteiger partial charge in [0.15, 0.2) is 0 Å². The summed E-state index contributed by atoms with van der Waals surface area (Å²) >= 11 is 0. The van der Waals surface area contributed by atoms with E-state index in [1.165, 1.54) is 4.90 Å². The Morgan fingerprint density at radius 1 is 1.15 bits per heavy atom. The SMILES string of the molecule is CC(C)(C)OC(=O)N1CCC(C(C)(C)C)CC1C(=O)O. The molecule has 0 aromatic heterocycles. The fourth-order valence-electron chi connectivity index (χ4n) is 2.53. The quantitative estimate of drug-likeness (QED) is 0.803. The summed E-state index contributed by atoms with van der Waals surface area (Å²) in [5.41, 5.74) is -0.561. The monoisotopic (exact) mass is 285 g/mol. The lowest BCUT2D eigenvalue weighted by molar-refractivity contribution is -0.146. The number of hydrogen-bond donors (Lipinski definition) is 1. The van der Waals surface area contributed by atoms with E-state index >= 15 is 0 Å². The molecule has 2 atom stereocenters. The van der Waals surface area contributed by atoms with Gasteiger partial charge in [0.05, 0.1) is 0 Å². The number of aliphatic carboxylic acids is 1. The van der Waals surface area contributed by atoms with E-state index < -0.39 is 23.7 Å². The normalized spacial score (nSPS) is 24.4. The highest BCUT2D eigenvalue weighted by Crippen LogP contribution is 2.37. The molecule has 5 heteroatoms. The molecule has 20 heavy (non-hydrogen) atoms. The molecular weight excluding hydrogens is 258 g/mol. The third-order valence-electron chi connectivity index (χ3n) is 3.74. The Kier molecular flexibility index (Phi) is 4.72. The molecule has 2 unspecified atom stereocenters. The van der Waals surface area contributed by atoms with E-state index in [1.54, 1.807) is 20.8 Å². The summed E-state index contributed by atoms with van der Waals surface area (Å²) < 4.78 is 5.30. The summed E-state index contributed by atoms with van der Waals surface area (Å²) in [4.78, 5) is 24.9. The first kappa shape index (κ1) is 16.8. The molecule has 0 aromatic carbocycles. The second-order valence-corrected chi connectivity index (χ2v) is 7.62. The third kappa shape index (κ3) is 4.39. The molecule has 1 heterocycles. The molecule has 0 bridgehead atoms. The molecule has 0 saturated carbocycles. The second kappa shape index (κ2) is 5.62. The molecule has 1 saturated heterocycles. The van der Waals surface area contributed by atoms with Crippen LogP contribution in [0.3, 0.4) is 0 Å². The molecule has 5 nitrogen and oxygen atoms in total. The van der Waals surface area contributed by atoms with Crippen LogP contribution in [0.15, 0.2) is 0 Å². The van der Waals surface area contributed by atoms with Crippen molar-refractivity contribution in [2.45, 2.75) is 66.0 Å². The van der Waals surface area contributed by atoms with Crippen LogP contribution >= 0.6 is 0 Å². The Balaban J connectivity index is 2.83. The van der Waals surface area contributed by atoms with Gasteiger partial charge in [-0.05, 0) is 44.9 Å². The number of rotatable bonds is 1. The van der Waals surface area contributed by atoms with Crippen molar-refractivity contribution in [3.05, 3.63) is 0 Å². The number of piperidine rings is 1. The fraction of sp³-hybridized carbons (Fsp3) is 0.867. The van der Waals surface area contributed by atoms with E-state index in [0.717, 1.165) is 6.42 Å². The molecule has 0 spiro atoms. The minimum absolute atomic E-state index is 0.0493. The number of nitrogens with zero attached hydrogens (tertiary/aromatic N) is 1. The predicted octanol–water partition coefficient (Wildman–Crippen LogP) is 3.13. The molecular formula is C15H27NO4. The average Bonchev–Trinajstić information content (AvgIpc) is 2.24. The first-order valence-corrected chi connectivity index (χ1v) is 7.14. The topological polar surface area (TPSA) is 66.8 Å². The van der Waals surface area contributed by atoms with Crippen molar-refractivity contribution in [1.82, 2.24) is 4.90 Å². The molecule has 1 aliphatic rings. The van der Waals surface area contributed by atoms with Crippen LogP contribution in [-0.2, 0) is 9.53 Å². The lowest BCUT2D eigenvalue weighted by Crippen LogP contribution is -2.53. The van der Waals surface area contributed by atoms with Crippen LogP contribution in [0.2, 0.25) is 0 Å². The van der Waals surface area contributed by atoms with Gasteiger partial charge in [-0.1, -0.05) is 20.8 Å². The van der Waals surface area contributed by atoms with Crippen molar-refractivity contribution in [3.8, 4) is 0 Å². The summed E-state index contributed by atoms with van der Waals surface area (Å²) in [7, 11) is 0. The number of amides is 1. The zero-order valence-electron chi connectivity index (χ0n) is 13.4. The van der Waals surface area contributed by atoms with Gasteiger partial charge in [0.25, 0.3) is 0 Å². The van der Waals surface area contributed by atoms with Crippen LogP contribution in [-0.4, -0.2) is 40.3 Å². The number of carboxylic acid groups (broad SMARTS) is 1. The number of carbonyl (C=O) groups excluding carboxylic acids is 1. The van der Waals surface area contributed by atoms with Gasteiger partial charge in [-0.3, -0.25) is 4.90 Å². The number of carbonyl (C=O) groups is 2. The smallest absolute Gasteiger partial charge is 0.411 e. The van der Waals surface area contributed by atoms with Gasteiger partial charge in [0, 0.05) is 6.54 Å². The molecule has 1 amide bonds. The van der Waals surface area contributed by atoms with E-state index in [-0.39, 0.29) is 5.41 Å². The van der Waals surface area contributed by atoms with Crippen LogP contribution in [0.25, 0.3) is 0 Å². The maximum absolute atomic E-state index is 12.1. The molecule has 1 N–H and O–H groups in total. The summed E-state index contributed by atoms with van der Waals surface area (Å²) in [5, 5.41) is 9.39. The second-order valence-electron chi connectivity index (χ2n) is 7.62. The van der Waals surface area contributed by atoms with Crippen molar-refractivity contribution in [1.29, 1.82) is 0 Å². The standard InChI is InChI=1S/C15H27NO4/c1-14(2,3)10-7-8-16(11(9-10)12(17)18)13(19)20-15(4,5)6/h10-11H,7-9H2,1-6H3,(H,17,18). The molecule has 0 aliphatic carbocycles. The van der Waals surface area contributed by atoms with Crippen molar-refractivity contribution in [2.75, 3.05) is 6.54 Å². The molecule has 1 fully saturated rings. The van der Waals surface area contributed by atoms with Crippen LogP contribution in [0, 0.1) is 11.3 Å². The molecule has 1 aliphatic heterocycles. The lowest BCUT2D eigenvalue weighted by atomic mass is 9.73. The number of carboxylic acids is 1. The highest BCUT2D eigenvalue weighted by atomic mass is 16.6. The van der Waals surface area contributed by atoms with Gasteiger partial charge in [-0.2, -0.15) is 0 Å².